The van der Waals surface area contributed by atoms with Crippen LogP contribution in [0.4, 0.5) is 0 Å². The second kappa shape index (κ2) is 3.90. The zero-order valence-electron chi connectivity index (χ0n) is 8.16. The molecule has 1 aliphatic rings. The first-order valence-electron chi connectivity index (χ1n) is 4.92. The number of nitrogens with zero attached hydrogens (tertiary/aromatic N) is 1. The van der Waals surface area contributed by atoms with E-state index in [0.29, 0.717) is 0 Å². The molecule has 2 heteroatoms. The number of likely N-dealkylation sites (N-methyl/N-ethyl adjacent to an activating group) is 1. The van der Waals surface area contributed by atoms with Crippen molar-refractivity contribution in [2.24, 2.45) is 0 Å². The van der Waals surface area contributed by atoms with Gasteiger partial charge in [0.15, 0.2) is 0 Å². The first-order valence-corrected chi connectivity index (χ1v) is 4.92. The number of hydrogen-bond acceptors (Lipinski definition) is 1. The van der Waals surface area contributed by atoms with Crippen LogP contribution in [0.15, 0.2) is 30.3 Å². The van der Waals surface area contributed by atoms with E-state index in [0.717, 1.165) is 6.54 Å². The molecule has 1 fully saturated rings. The van der Waals surface area contributed by atoms with Crippen molar-refractivity contribution < 1.29 is 4.90 Å². The Morgan fingerprint density at radius 1 is 1.31 bits per heavy atom. The molecule has 1 aliphatic heterocycles. The molecule has 0 saturated carbocycles. The lowest BCUT2D eigenvalue weighted by molar-refractivity contribution is -0.871. The molecule has 2 rings (SSSR count). The average Bonchev–Trinajstić information content (AvgIpc) is 2.53. The molecule has 2 nitrogen and oxygen atoms in total. The highest BCUT2D eigenvalue weighted by molar-refractivity contribution is 5.14. The van der Waals surface area contributed by atoms with Gasteiger partial charge in [0, 0.05) is 6.54 Å². The van der Waals surface area contributed by atoms with Gasteiger partial charge in [0.05, 0.1) is 20.1 Å². The van der Waals surface area contributed by atoms with Crippen LogP contribution in [-0.2, 0) is 6.54 Å². The van der Waals surface area contributed by atoms with Crippen LogP contribution < -0.4 is 4.90 Å². The zero-order valence-corrected chi connectivity index (χ0v) is 8.16. The van der Waals surface area contributed by atoms with Gasteiger partial charge in [0.2, 0.25) is 0 Å². The molecular weight excluding hydrogens is 160 g/mol. The highest BCUT2D eigenvalue weighted by atomic mass is 15.4. The van der Waals surface area contributed by atoms with Gasteiger partial charge < -0.3 is 4.90 Å². The highest BCUT2D eigenvalue weighted by Gasteiger charge is 2.19. The molecule has 0 radical (unpaired) electrons. The minimum absolute atomic E-state index is 1.11. The van der Waals surface area contributed by atoms with E-state index in [1.165, 1.54) is 25.3 Å². The van der Waals surface area contributed by atoms with Crippen molar-refractivity contribution in [2.75, 3.05) is 26.8 Å². The molecule has 0 bridgehead atoms. The Hall–Kier alpha value is -0.860. The second-order valence-electron chi connectivity index (χ2n) is 3.90. The van der Waals surface area contributed by atoms with Crippen LogP contribution in [0.3, 0.4) is 0 Å². The number of hydrogen-bond donors (Lipinski definition) is 1. The van der Waals surface area contributed by atoms with E-state index in [-0.39, 0.29) is 0 Å². The summed E-state index contributed by atoms with van der Waals surface area (Å²) in [5, 5.41) is 0. The molecule has 1 saturated heterocycles. The average molecular weight is 177 g/mol. The van der Waals surface area contributed by atoms with Crippen molar-refractivity contribution in [1.82, 2.24) is 4.90 Å². The number of nitrogens with one attached hydrogen (secondary N) is 1. The summed E-state index contributed by atoms with van der Waals surface area (Å²) in [5.74, 6) is 0. The first kappa shape index (κ1) is 8.73. The van der Waals surface area contributed by atoms with Gasteiger partial charge in [-0.15, -0.1) is 0 Å². The predicted octanol–water partition coefficient (Wildman–Crippen LogP) is -0.0256. The molecule has 0 spiro atoms. The Morgan fingerprint density at radius 2 is 2.08 bits per heavy atom. The Kier molecular flexibility index (Phi) is 2.62. The standard InChI is InChI=1S/C11H16N2/c1-12-7-8-13(10-12)9-11-5-3-2-4-6-11/h2-6H,7-10H2,1H3/p+1. The summed E-state index contributed by atoms with van der Waals surface area (Å²) in [6.07, 6.45) is 0. The summed E-state index contributed by atoms with van der Waals surface area (Å²) < 4.78 is 0. The SMILES string of the molecule is C[NH+]1CCN(Cc2ccccc2)C1. The van der Waals surface area contributed by atoms with Crippen LogP contribution in [0.25, 0.3) is 0 Å². The summed E-state index contributed by atoms with van der Waals surface area (Å²) in [6, 6.07) is 10.7. The van der Waals surface area contributed by atoms with Crippen molar-refractivity contribution in [3.8, 4) is 0 Å². The van der Waals surface area contributed by atoms with Crippen molar-refractivity contribution in [1.29, 1.82) is 0 Å². The van der Waals surface area contributed by atoms with Gasteiger partial charge in [-0.05, 0) is 5.56 Å². The molecule has 0 amide bonds. The Bertz CT molecular complexity index is 258. The fourth-order valence-electron chi connectivity index (χ4n) is 1.87. The van der Waals surface area contributed by atoms with Crippen LogP contribution >= 0.6 is 0 Å². The fraction of sp³-hybridized carbons (Fsp3) is 0.455. The van der Waals surface area contributed by atoms with Crippen LogP contribution in [-0.4, -0.2) is 31.7 Å². The van der Waals surface area contributed by atoms with E-state index in [2.05, 4.69) is 42.3 Å². The molecule has 0 aromatic heterocycles. The summed E-state index contributed by atoms with van der Waals surface area (Å²) in [5.41, 5.74) is 1.43. The Balaban J connectivity index is 1.92. The summed E-state index contributed by atoms with van der Waals surface area (Å²) >= 11 is 0. The quantitative estimate of drug-likeness (QED) is 0.667. The van der Waals surface area contributed by atoms with Gasteiger partial charge in [0.25, 0.3) is 0 Å². The molecule has 1 heterocycles. The lowest BCUT2D eigenvalue weighted by atomic mass is 10.2. The molecule has 1 atom stereocenters. The number of quaternary nitrogens is 1. The number of rotatable bonds is 2. The third-order valence-electron chi connectivity index (χ3n) is 2.60. The van der Waals surface area contributed by atoms with E-state index in [1.54, 1.807) is 4.90 Å². The molecule has 1 unspecified atom stereocenters. The van der Waals surface area contributed by atoms with Gasteiger partial charge in [-0.1, -0.05) is 30.3 Å². The van der Waals surface area contributed by atoms with Crippen molar-refractivity contribution >= 4 is 0 Å². The van der Waals surface area contributed by atoms with E-state index in [4.69, 9.17) is 0 Å². The second-order valence-corrected chi connectivity index (χ2v) is 3.90. The van der Waals surface area contributed by atoms with Gasteiger partial charge in [-0.25, -0.2) is 4.90 Å². The Labute approximate surface area is 79.8 Å². The molecule has 13 heavy (non-hydrogen) atoms. The maximum absolute atomic E-state index is 2.50. The minimum atomic E-state index is 1.11. The normalized spacial score (nSPS) is 23.6. The monoisotopic (exact) mass is 177 g/mol. The highest BCUT2D eigenvalue weighted by Crippen LogP contribution is 2.03. The van der Waals surface area contributed by atoms with Gasteiger partial charge in [-0.3, -0.25) is 0 Å². The van der Waals surface area contributed by atoms with E-state index in [1.807, 2.05) is 0 Å². The third-order valence-corrected chi connectivity index (χ3v) is 2.60. The maximum Gasteiger partial charge on any atom is 0.133 e. The lowest BCUT2D eigenvalue weighted by Crippen LogP contribution is -3.07. The first-order chi connectivity index (χ1) is 6.34. The third kappa shape index (κ3) is 2.29. The molecule has 70 valence electrons. The van der Waals surface area contributed by atoms with E-state index < -0.39 is 0 Å². The minimum Gasteiger partial charge on any atom is -0.324 e. The topological polar surface area (TPSA) is 7.68 Å². The van der Waals surface area contributed by atoms with Crippen LogP contribution in [0.1, 0.15) is 5.56 Å². The molecular formula is C11H17N2+. The Morgan fingerprint density at radius 3 is 2.69 bits per heavy atom. The fourth-order valence-corrected chi connectivity index (χ4v) is 1.87. The number of benzene rings is 1. The van der Waals surface area contributed by atoms with Crippen molar-refractivity contribution in [3.63, 3.8) is 0 Å². The molecule has 1 aromatic rings. The van der Waals surface area contributed by atoms with Crippen LogP contribution in [0.2, 0.25) is 0 Å². The van der Waals surface area contributed by atoms with Gasteiger partial charge in [-0.2, -0.15) is 0 Å². The van der Waals surface area contributed by atoms with Crippen LogP contribution in [0.5, 0.6) is 0 Å². The summed E-state index contributed by atoms with van der Waals surface area (Å²) in [7, 11) is 2.25. The summed E-state index contributed by atoms with van der Waals surface area (Å²) in [6.45, 7) is 4.82. The lowest BCUT2D eigenvalue weighted by Gasteiger charge is -2.12. The van der Waals surface area contributed by atoms with Gasteiger partial charge in [0.1, 0.15) is 6.67 Å². The van der Waals surface area contributed by atoms with Gasteiger partial charge >= 0.3 is 0 Å². The zero-order chi connectivity index (χ0) is 9.10. The molecule has 1 aromatic carbocycles. The smallest absolute Gasteiger partial charge is 0.133 e. The summed E-state index contributed by atoms with van der Waals surface area (Å²) in [4.78, 5) is 4.13. The largest absolute Gasteiger partial charge is 0.324 e. The van der Waals surface area contributed by atoms with Crippen molar-refractivity contribution in [2.45, 2.75) is 6.54 Å². The van der Waals surface area contributed by atoms with Crippen LogP contribution in [0, 0.1) is 0 Å². The van der Waals surface area contributed by atoms with Crippen molar-refractivity contribution in [3.05, 3.63) is 35.9 Å². The maximum atomic E-state index is 2.50. The van der Waals surface area contributed by atoms with E-state index >= 15 is 0 Å². The van der Waals surface area contributed by atoms with E-state index in [9.17, 15) is 0 Å². The predicted molar refractivity (Wildman–Crippen MR) is 53.5 cm³/mol. The molecule has 1 N–H and O–H groups in total. The molecule has 0 aliphatic carbocycles.